The molecule has 2 aliphatic heterocycles. The third-order valence-corrected chi connectivity index (χ3v) is 5.87. The van der Waals surface area contributed by atoms with Crippen LogP contribution in [0.4, 0.5) is 11.8 Å². The standard InChI is InChI=1S/C19H24N6O/c1-26-17-5-9-21-19(23-17)24-10-6-13-7-11-25(15(13)12-24)16-4-8-20-18(22-16)14-2-3-14/h4-5,8-9,13-15H,2-3,6-7,10-12H2,1H3. The lowest BCUT2D eigenvalue weighted by atomic mass is 9.92. The van der Waals surface area contributed by atoms with Crippen molar-refractivity contribution in [2.45, 2.75) is 37.6 Å². The van der Waals surface area contributed by atoms with Gasteiger partial charge in [-0.25, -0.2) is 15.0 Å². The summed E-state index contributed by atoms with van der Waals surface area (Å²) in [6, 6.07) is 4.31. The molecule has 136 valence electrons. The van der Waals surface area contributed by atoms with Gasteiger partial charge in [0.2, 0.25) is 11.8 Å². The predicted octanol–water partition coefficient (Wildman–Crippen LogP) is 2.26. The smallest absolute Gasteiger partial charge is 0.228 e. The second kappa shape index (κ2) is 6.37. The Morgan fingerprint density at radius 3 is 2.69 bits per heavy atom. The highest BCUT2D eigenvalue weighted by molar-refractivity contribution is 5.44. The molecule has 0 bridgehead atoms. The molecule has 0 amide bonds. The first-order valence-corrected chi connectivity index (χ1v) is 9.53. The zero-order valence-electron chi connectivity index (χ0n) is 15.1. The highest BCUT2D eigenvalue weighted by Gasteiger charge is 2.40. The van der Waals surface area contributed by atoms with Crippen molar-refractivity contribution in [3.05, 3.63) is 30.4 Å². The Morgan fingerprint density at radius 2 is 1.85 bits per heavy atom. The number of anilines is 2. The van der Waals surface area contributed by atoms with Crippen molar-refractivity contribution < 1.29 is 4.74 Å². The fourth-order valence-electron chi connectivity index (χ4n) is 4.27. The second-order valence-corrected chi connectivity index (χ2v) is 7.49. The minimum atomic E-state index is 0.459. The number of piperidine rings is 1. The van der Waals surface area contributed by atoms with Gasteiger partial charge in [-0.3, -0.25) is 0 Å². The average Bonchev–Trinajstić information content (AvgIpc) is 3.47. The quantitative estimate of drug-likeness (QED) is 0.836. The number of rotatable bonds is 4. The van der Waals surface area contributed by atoms with E-state index in [-0.39, 0.29) is 0 Å². The van der Waals surface area contributed by atoms with Crippen LogP contribution >= 0.6 is 0 Å². The first-order chi connectivity index (χ1) is 12.8. The van der Waals surface area contributed by atoms with E-state index >= 15 is 0 Å². The van der Waals surface area contributed by atoms with Gasteiger partial charge < -0.3 is 14.5 Å². The van der Waals surface area contributed by atoms with E-state index in [2.05, 4.69) is 30.8 Å². The maximum Gasteiger partial charge on any atom is 0.228 e. The van der Waals surface area contributed by atoms with Crippen LogP contribution in [0.25, 0.3) is 0 Å². The summed E-state index contributed by atoms with van der Waals surface area (Å²) >= 11 is 0. The monoisotopic (exact) mass is 352 g/mol. The summed E-state index contributed by atoms with van der Waals surface area (Å²) in [6.07, 6.45) is 8.57. The number of hydrogen-bond donors (Lipinski definition) is 0. The molecule has 5 rings (SSSR count). The van der Waals surface area contributed by atoms with E-state index in [0.717, 1.165) is 43.1 Å². The zero-order chi connectivity index (χ0) is 17.5. The molecule has 3 aliphatic rings. The van der Waals surface area contributed by atoms with Crippen molar-refractivity contribution in [1.82, 2.24) is 19.9 Å². The van der Waals surface area contributed by atoms with Gasteiger partial charge in [0.1, 0.15) is 11.6 Å². The molecule has 7 heteroatoms. The van der Waals surface area contributed by atoms with Gasteiger partial charge in [0.05, 0.1) is 13.2 Å². The summed E-state index contributed by atoms with van der Waals surface area (Å²) in [5, 5.41) is 0. The minimum absolute atomic E-state index is 0.459. The van der Waals surface area contributed by atoms with E-state index in [1.165, 1.54) is 25.7 Å². The molecule has 1 saturated carbocycles. The van der Waals surface area contributed by atoms with Gasteiger partial charge in [-0.15, -0.1) is 0 Å². The molecule has 2 atom stereocenters. The van der Waals surface area contributed by atoms with Gasteiger partial charge in [0, 0.05) is 44.0 Å². The summed E-state index contributed by atoms with van der Waals surface area (Å²) in [6.45, 7) is 3.00. The highest BCUT2D eigenvalue weighted by atomic mass is 16.5. The Kier molecular flexibility index (Phi) is 3.87. The van der Waals surface area contributed by atoms with E-state index in [9.17, 15) is 0 Å². The fraction of sp³-hybridized carbons (Fsp3) is 0.579. The van der Waals surface area contributed by atoms with Crippen molar-refractivity contribution in [1.29, 1.82) is 0 Å². The van der Waals surface area contributed by atoms with Crippen LogP contribution < -0.4 is 14.5 Å². The third kappa shape index (κ3) is 2.85. The van der Waals surface area contributed by atoms with E-state index in [0.29, 0.717) is 17.8 Å². The predicted molar refractivity (Wildman–Crippen MR) is 98.7 cm³/mol. The Labute approximate surface area is 153 Å². The number of nitrogens with zero attached hydrogens (tertiary/aromatic N) is 6. The van der Waals surface area contributed by atoms with Crippen LogP contribution in [0, 0.1) is 5.92 Å². The highest BCUT2D eigenvalue weighted by Crippen LogP contribution is 2.40. The molecule has 0 radical (unpaired) electrons. The largest absolute Gasteiger partial charge is 0.481 e. The molecule has 2 unspecified atom stereocenters. The molecule has 3 fully saturated rings. The lowest BCUT2D eigenvalue weighted by Crippen LogP contribution is -2.49. The number of fused-ring (bicyclic) bond motifs is 1. The number of ether oxygens (including phenoxy) is 1. The van der Waals surface area contributed by atoms with Crippen molar-refractivity contribution >= 4 is 11.8 Å². The molecule has 2 aromatic rings. The second-order valence-electron chi connectivity index (χ2n) is 7.49. The van der Waals surface area contributed by atoms with Crippen LogP contribution in [0.2, 0.25) is 0 Å². The normalized spacial score (nSPS) is 25.3. The summed E-state index contributed by atoms with van der Waals surface area (Å²) in [4.78, 5) is 23.1. The lowest BCUT2D eigenvalue weighted by Gasteiger charge is -2.38. The summed E-state index contributed by atoms with van der Waals surface area (Å²) < 4.78 is 5.26. The van der Waals surface area contributed by atoms with Crippen LogP contribution in [0.5, 0.6) is 5.88 Å². The first kappa shape index (κ1) is 15.8. The number of aromatic nitrogens is 4. The SMILES string of the molecule is COc1ccnc(N2CCC3CCN(c4ccnc(C5CC5)n4)C3C2)n1. The Hall–Kier alpha value is -2.44. The van der Waals surface area contributed by atoms with Crippen LogP contribution in [0.1, 0.15) is 37.4 Å². The molecule has 2 saturated heterocycles. The van der Waals surface area contributed by atoms with E-state index in [1.807, 2.05) is 6.20 Å². The van der Waals surface area contributed by atoms with Crippen LogP contribution in [-0.2, 0) is 0 Å². The molecule has 1 aliphatic carbocycles. The zero-order valence-corrected chi connectivity index (χ0v) is 15.1. The maximum absolute atomic E-state index is 5.26. The Morgan fingerprint density at radius 1 is 1.00 bits per heavy atom. The molecular formula is C19H24N6O. The lowest BCUT2D eigenvalue weighted by molar-refractivity contribution is 0.379. The molecule has 0 aromatic carbocycles. The van der Waals surface area contributed by atoms with Crippen LogP contribution in [0.15, 0.2) is 24.5 Å². The average molecular weight is 352 g/mol. The van der Waals surface area contributed by atoms with E-state index in [1.54, 1.807) is 19.4 Å². The summed E-state index contributed by atoms with van der Waals surface area (Å²) in [7, 11) is 1.64. The topological polar surface area (TPSA) is 67.3 Å². The van der Waals surface area contributed by atoms with Gasteiger partial charge in [0.25, 0.3) is 0 Å². The van der Waals surface area contributed by atoms with Crippen molar-refractivity contribution in [2.75, 3.05) is 36.5 Å². The van der Waals surface area contributed by atoms with Crippen molar-refractivity contribution in [3.8, 4) is 5.88 Å². The molecule has 7 nitrogen and oxygen atoms in total. The van der Waals surface area contributed by atoms with Crippen LogP contribution in [0.3, 0.4) is 0 Å². The van der Waals surface area contributed by atoms with Crippen LogP contribution in [-0.4, -0.2) is 52.7 Å². The fourth-order valence-corrected chi connectivity index (χ4v) is 4.27. The molecule has 26 heavy (non-hydrogen) atoms. The molecule has 0 N–H and O–H groups in total. The minimum Gasteiger partial charge on any atom is -0.481 e. The van der Waals surface area contributed by atoms with E-state index in [4.69, 9.17) is 9.72 Å². The molecule has 0 spiro atoms. The van der Waals surface area contributed by atoms with Crippen molar-refractivity contribution in [2.24, 2.45) is 5.92 Å². The van der Waals surface area contributed by atoms with Gasteiger partial charge in [0.15, 0.2) is 0 Å². The summed E-state index contributed by atoms with van der Waals surface area (Å²) in [5.41, 5.74) is 0. The third-order valence-electron chi connectivity index (χ3n) is 5.87. The van der Waals surface area contributed by atoms with Gasteiger partial charge in [-0.1, -0.05) is 0 Å². The summed E-state index contributed by atoms with van der Waals surface area (Å²) in [5.74, 6) is 4.79. The number of methoxy groups -OCH3 is 1. The van der Waals surface area contributed by atoms with Crippen molar-refractivity contribution in [3.63, 3.8) is 0 Å². The van der Waals surface area contributed by atoms with Gasteiger partial charge >= 0.3 is 0 Å². The Bertz CT molecular complexity index is 795. The molecule has 4 heterocycles. The first-order valence-electron chi connectivity index (χ1n) is 9.53. The number of hydrogen-bond acceptors (Lipinski definition) is 7. The Balaban J connectivity index is 1.38. The van der Waals surface area contributed by atoms with Gasteiger partial charge in [-0.2, -0.15) is 4.98 Å². The maximum atomic E-state index is 5.26. The van der Waals surface area contributed by atoms with Gasteiger partial charge in [-0.05, 0) is 37.7 Å². The molecule has 2 aromatic heterocycles. The molecular weight excluding hydrogens is 328 g/mol. The van der Waals surface area contributed by atoms with E-state index < -0.39 is 0 Å².